The summed E-state index contributed by atoms with van der Waals surface area (Å²) in [6, 6.07) is 9.07. The molecule has 31 heavy (non-hydrogen) atoms. The third kappa shape index (κ3) is 4.00. The number of benzene rings is 1. The van der Waals surface area contributed by atoms with Crippen molar-refractivity contribution in [3.05, 3.63) is 61.1 Å². The summed E-state index contributed by atoms with van der Waals surface area (Å²) in [4.78, 5) is 13.0. The largest absolute Gasteiger partial charge is 0.507 e. The number of aromatic nitrogens is 3. The Balaban J connectivity index is 1.32. The highest BCUT2D eigenvalue weighted by atomic mass is 32.2. The van der Waals surface area contributed by atoms with Crippen molar-refractivity contribution in [2.24, 2.45) is 0 Å². The van der Waals surface area contributed by atoms with E-state index in [1.807, 2.05) is 30.4 Å². The lowest BCUT2D eigenvalue weighted by molar-refractivity contribution is 0.230. The Kier molecular flexibility index (Phi) is 5.33. The molecule has 158 valence electrons. The molecule has 0 spiro atoms. The molecule has 8 heteroatoms. The molecular weight excluding hydrogens is 415 g/mol. The SMILES string of the molecule is COc1cc(-c2ccc(-c3cnc(S[C@@H]4CC5C=CC(N5)[C@@H]4F)cn3)c(O)c2)ccn1. The average molecular weight is 437 g/mol. The summed E-state index contributed by atoms with van der Waals surface area (Å²) in [5.74, 6) is 0.612. The van der Waals surface area contributed by atoms with Gasteiger partial charge in [-0.25, -0.2) is 14.4 Å². The Labute approximate surface area is 183 Å². The van der Waals surface area contributed by atoms with Gasteiger partial charge in [-0.15, -0.1) is 0 Å². The molecule has 2 aliphatic rings. The Morgan fingerprint density at radius 1 is 1.10 bits per heavy atom. The zero-order valence-corrected chi connectivity index (χ0v) is 17.6. The van der Waals surface area contributed by atoms with E-state index in [0.29, 0.717) is 22.2 Å². The summed E-state index contributed by atoms with van der Waals surface area (Å²) in [7, 11) is 1.56. The van der Waals surface area contributed by atoms with Crippen LogP contribution in [0.3, 0.4) is 0 Å². The molecule has 1 fully saturated rings. The second-order valence-corrected chi connectivity index (χ2v) is 8.84. The lowest BCUT2D eigenvalue weighted by Crippen LogP contribution is -2.49. The fourth-order valence-corrected chi connectivity index (χ4v) is 5.12. The molecule has 2 aliphatic heterocycles. The Morgan fingerprint density at radius 3 is 2.74 bits per heavy atom. The summed E-state index contributed by atoms with van der Waals surface area (Å²) < 4.78 is 19.8. The number of alkyl halides is 1. The number of pyridine rings is 1. The maximum Gasteiger partial charge on any atom is 0.213 e. The Bertz CT molecular complexity index is 1120. The minimum atomic E-state index is -0.954. The molecule has 0 radical (unpaired) electrons. The van der Waals surface area contributed by atoms with E-state index in [1.165, 1.54) is 11.8 Å². The van der Waals surface area contributed by atoms with Crippen molar-refractivity contribution in [3.63, 3.8) is 0 Å². The molecule has 4 heterocycles. The van der Waals surface area contributed by atoms with Gasteiger partial charge in [0.1, 0.15) is 16.9 Å². The molecule has 0 saturated carbocycles. The number of nitrogens with one attached hydrogen (secondary N) is 1. The van der Waals surface area contributed by atoms with Crippen LogP contribution in [0.4, 0.5) is 4.39 Å². The van der Waals surface area contributed by atoms with Gasteiger partial charge in [0.15, 0.2) is 0 Å². The van der Waals surface area contributed by atoms with E-state index in [0.717, 1.165) is 17.5 Å². The van der Waals surface area contributed by atoms with Crippen molar-refractivity contribution >= 4 is 11.8 Å². The summed E-state index contributed by atoms with van der Waals surface area (Å²) in [5.41, 5.74) is 2.87. The molecule has 1 saturated heterocycles. The molecule has 5 rings (SSSR count). The molecule has 4 atom stereocenters. The molecule has 1 aromatic carbocycles. The summed E-state index contributed by atoms with van der Waals surface area (Å²) in [5, 5.41) is 14.3. The minimum absolute atomic E-state index is 0.104. The lowest BCUT2D eigenvalue weighted by atomic mass is 10.0. The molecule has 0 aliphatic carbocycles. The van der Waals surface area contributed by atoms with Gasteiger partial charge >= 0.3 is 0 Å². The van der Waals surface area contributed by atoms with Crippen LogP contribution in [0.25, 0.3) is 22.4 Å². The van der Waals surface area contributed by atoms with Crippen LogP contribution in [0.5, 0.6) is 11.6 Å². The van der Waals surface area contributed by atoms with Crippen molar-refractivity contribution in [1.29, 1.82) is 0 Å². The van der Waals surface area contributed by atoms with E-state index in [2.05, 4.69) is 20.3 Å². The molecule has 2 N–H and O–H groups in total. The molecule has 6 nitrogen and oxygen atoms in total. The van der Waals surface area contributed by atoms with Gasteiger partial charge in [-0.05, 0) is 35.7 Å². The molecular formula is C23H21FN4O2S. The normalized spacial score (nSPS) is 24.3. The number of nitrogens with zero attached hydrogens (tertiary/aromatic N) is 3. The smallest absolute Gasteiger partial charge is 0.213 e. The first-order valence-electron chi connectivity index (χ1n) is 10.0. The Morgan fingerprint density at radius 2 is 1.97 bits per heavy atom. The summed E-state index contributed by atoms with van der Waals surface area (Å²) in [6.07, 6.45) is 8.65. The third-order valence-corrected chi connectivity index (χ3v) is 6.80. The monoisotopic (exact) mass is 436 g/mol. The number of thioether (sulfide) groups is 1. The van der Waals surface area contributed by atoms with Crippen molar-refractivity contribution < 1.29 is 14.2 Å². The van der Waals surface area contributed by atoms with Gasteiger partial charge in [-0.3, -0.25) is 4.98 Å². The van der Waals surface area contributed by atoms with Gasteiger partial charge in [-0.2, -0.15) is 0 Å². The van der Waals surface area contributed by atoms with E-state index in [4.69, 9.17) is 4.74 Å². The number of phenols is 1. The number of hydrogen-bond acceptors (Lipinski definition) is 7. The van der Waals surface area contributed by atoms with Crippen LogP contribution in [0.2, 0.25) is 0 Å². The van der Waals surface area contributed by atoms with Crippen LogP contribution in [0.15, 0.2) is 66.1 Å². The number of piperidine rings is 1. The first-order valence-corrected chi connectivity index (χ1v) is 10.9. The van der Waals surface area contributed by atoms with Crippen molar-refractivity contribution in [1.82, 2.24) is 20.3 Å². The van der Waals surface area contributed by atoms with Crippen molar-refractivity contribution in [3.8, 4) is 34.0 Å². The molecule has 2 unspecified atom stereocenters. The van der Waals surface area contributed by atoms with E-state index in [9.17, 15) is 9.50 Å². The maximum absolute atomic E-state index is 14.6. The van der Waals surface area contributed by atoms with Crippen LogP contribution < -0.4 is 10.1 Å². The fraction of sp³-hybridized carbons (Fsp3) is 0.261. The number of methoxy groups -OCH3 is 1. The quantitative estimate of drug-likeness (QED) is 0.585. The van der Waals surface area contributed by atoms with Gasteiger partial charge in [0.2, 0.25) is 5.88 Å². The average Bonchev–Trinajstić information content (AvgIpc) is 3.21. The summed E-state index contributed by atoms with van der Waals surface area (Å²) in [6.45, 7) is 0. The van der Waals surface area contributed by atoms with E-state index in [-0.39, 0.29) is 23.1 Å². The van der Waals surface area contributed by atoms with E-state index < -0.39 is 6.17 Å². The zero-order valence-electron chi connectivity index (χ0n) is 16.8. The number of fused-ring (bicyclic) bond motifs is 2. The standard InChI is InChI=1S/C23H21FN4O2S/c1-30-21-9-14(6-7-25-21)13-2-4-16(19(29)8-13)18-11-27-22(12-26-18)31-20-10-15-3-5-17(28-15)23(20)24/h2-9,11-12,15,17,20,23,28-29H,10H2,1H3/t15?,17?,20-,23+/m1/s1. The first kappa shape index (κ1) is 20.0. The summed E-state index contributed by atoms with van der Waals surface area (Å²) >= 11 is 1.42. The third-order valence-electron chi connectivity index (χ3n) is 5.59. The number of ether oxygens (including phenoxy) is 1. The molecule has 3 aromatic rings. The van der Waals surface area contributed by atoms with Gasteiger partial charge in [0.05, 0.1) is 31.2 Å². The highest BCUT2D eigenvalue weighted by Gasteiger charge is 2.39. The van der Waals surface area contributed by atoms with Gasteiger partial charge in [-0.1, -0.05) is 30.0 Å². The number of hydrogen-bond donors (Lipinski definition) is 2. The van der Waals surface area contributed by atoms with Crippen molar-refractivity contribution in [2.75, 3.05) is 7.11 Å². The predicted molar refractivity (Wildman–Crippen MR) is 118 cm³/mol. The molecule has 2 aromatic heterocycles. The van der Waals surface area contributed by atoms with Gasteiger partial charge in [0.25, 0.3) is 0 Å². The molecule has 0 amide bonds. The maximum atomic E-state index is 14.6. The minimum Gasteiger partial charge on any atom is -0.507 e. The van der Waals surface area contributed by atoms with Crippen LogP contribution in [-0.4, -0.2) is 50.7 Å². The number of rotatable bonds is 5. The van der Waals surface area contributed by atoms with Crippen LogP contribution in [-0.2, 0) is 0 Å². The second kappa shape index (κ2) is 8.28. The van der Waals surface area contributed by atoms with E-state index >= 15 is 0 Å². The molecule has 2 bridgehead atoms. The highest BCUT2D eigenvalue weighted by Crippen LogP contribution is 2.37. The number of phenolic OH excluding ortho intramolecular Hbond substituents is 1. The van der Waals surface area contributed by atoms with Crippen LogP contribution >= 0.6 is 11.8 Å². The first-order chi connectivity index (χ1) is 15.1. The second-order valence-electron chi connectivity index (χ2n) is 7.58. The fourth-order valence-electron chi connectivity index (χ4n) is 3.98. The number of aromatic hydroxyl groups is 1. The van der Waals surface area contributed by atoms with Gasteiger partial charge < -0.3 is 15.2 Å². The highest BCUT2D eigenvalue weighted by molar-refractivity contribution is 7.99. The number of halogens is 1. The predicted octanol–water partition coefficient (Wildman–Crippen LogP) is 4.02. The van der Waals surface area contributed by atoms with E-state index in [1.54, 1.807) is 37.8 Å². The van der Waals surface area contributed by atoms with Crippen molar-refractivity contribution in [2.45, 2.75) is 35.0 Å². The van der Waals surface area contributed by atoms with Gasteiger partial charge in [0, 0.05) is 29.1 Å². The topological polar surface area (TPSA) is 80.2 Å². The Hall–Kier alpha value is -2.97. The lowest BCUT2D eigenvalue weighted by Gasteiger charge is -2.32. The zero-order chi connectivity index (χ0) is 21.4. The van der Waals surface area contributed by atoms with Crippen LogP contribution in [0, 0.1) is 0 Å². The van der Waals surface area contributed by atoms with Crippen LogP contribution in [0.1, 0.15) is 6.42 Å².